The molecule has 0 fully saturated rings. The van der Waals surface area contributed by atoms with Crippen molar-refractivity contribution in [2.45, 2.75) is 0 Å². The van der Waals surface area contributed by atoms with Gasteiger partial charge in [-0.25, -0.2) is 0 Å². The van der Waals surface area contributed by atoms with Crippen LogP contribution in [0.2, 0.25) is 0 Å². The molecule has 16 aromatic rings. The minimum absolute atomic E-state index is 0. The van der Waals surface area contributed by atoms with E-state index in [0.717, 1.165) is 77.2 Å². The van der Waals surface area contributed by atoms with Crippen molar-refractivity contribution in [2.24, 2.45) is 0 Å². The third-order valence-electron chi connectivity index (χ3n) is 17.8. The van der Waals surface area contributed by atoms with Gasteiger partial charge in [-0.2, -0.15) is 0 Å². The molecule has 2 aromatic heterocycles. The Morgan fingerprint density at radius 3 is 0.510 bits per heavy atom. The normalized spacial score (nSPS) is 10.4. The Morgan fingerprint density at radius 1 is 0.202 bits per heavy atom. The number of fused-ring (bicyclic) bond motifs is 6. The Hall–Kier alpha value is -8.40. The molecule has 0 atom stereocenters. The fourth-order valence-corrected chi connectivity index (χ4v) is 28.5. The molecular weight excluding hydrogens is 2070 g/mol. The molecule has 0 unspecified atom stereocenters. The van der Waals surface area contributed by atoms with Gasteiger partial charge >= 0.3 is 89.5 Å². The second-order valence-electron chi connectivity index (χ2n) is 24.0. The molecular formula is C94H70Au4N2P4+4. The summed E-state index contributed by atoms with van der Waals surface area (Å²) in [7, 11) is -3.39. The van der Waals surface area contributed by atoms with Crippen molar-refractivity contribution in [1.29, 1.82) is 0 Å². The van der Waals surface area contributed by atoms with Crippen molar-refractivity contribution in [1.82, 2.24) is 9.13 Å². The van der Waals surface area contributed by atoms with Crippen LogP contribution in [0.15, 0.2) is 376 Å². The molecule has 0 aliphatic heterocycles. The van der Waals surface area contributed by atoms with Crippen molar-refractivity contribution >= 4 is 118 Å². The predicted molar refractivity (Wildman–Crippen MR) is 438 cm³/mol. The summed E-state index contributed by atoms with van der Waals surface area (Å²) in [4.78, 5) is 0. The van der Waals surface area contributed by atoms with Gasteiger partial charge < -0.3 is 34.8 Å². The monoisotopic (exact) mass is 2140 g/mol. The fourth-order valence-electron chi connectivity index (χ4n) is 13.0. The number of hydrogen-bond acceptors (Lipinski definition) is 0. The van der Waals surface area contributed by atoms with E-state index in [1.807, 2.05) is 109 Å². The van der Waals surface area contributed by atoms with Gasteiger partial charge in [-0.3, -0.25) is 23.7 Å². The molecule has 2 nitrogen and oxygen atoms in total. The number of aromatic nitrogens is 2. The Balaban J connectivity index is 0.000000159. The van der Waals surface area contributed by atoms with E-state index in [4.69, 9.17) is 25.7 Å². The summed E-state index contributed by atoms with van der Waals surface area (Å²) < 4.78 is 4.32. The standard InChI is InChI=1S/2C25H22P2.2C22H11N.4Au/c2*1-5-13-22(14-6-1)26(23-15-7-2-8-16-23)21-27(24-17-9-3-10-18-24)25-19-11-4-12-20-25;2*1-3-16-10-12-19-20-13-11-17(4-2)15-22(20)23(21(19)14-16)18-8-6-5-7-9-18;;;;/h2*1-20H,21H2;2*5-15H;;;;/q;;2*-2;4*+1/p+4. The number of nitrogens with zero attached hydrogens (tertiary/aromatic N) is 2. The van der Waals surface area contributed by atoms with E-state index in [9.17, 15) is 0 Å². The smallest absolute Gasteiger partial charge is 0.366 e. The molecule has 0 spiro atoms. The molecule has 2 heterocycles. The van der Waals surface area contributed by atoms with Gasteiger partial charge in [0.2, 0.25) is 0 Å². The first kappa shape index (κ1) is 79.7. The van der Waals surface area contributed by atoms with Crippen LogP contribution < -0.4 is 42.4 Å². The topological polar surface area (TPSA) is 9.86 Å². The molecule has 0 aliphatic carbocycles. The molecule has 10 heteroatoms. The van der Waals surface area contributed by atoms with Gasteiger partial charge in [0.1, 0.15) is 74.1 Å². The Kier molecular flexibility index (Phi) is 30.8. The molecule has 16 rings (SSSR count). The van der Waals surface area contributed by atoms with Gasteiger partial charge in [0, 0.05) is 55.0 Å². The van der Waals surface area contributed by atoms with Gasteiger partial charge in [0.05, 0.1) is 0 Å². The van der Waals surface area contributed by atoms with Crippen molar-refractivity contribution in [3.8, 4) is 35.1 Å². The fraction of sp³-hybridized carbons (Fsp3) is 0.0213. The largest absolute Gasteiger partial charge is 1.00 e. The summed E-state index contributed by atoms with van der Waals surface area (Å²) in [6.45, 7) is 0. The maximum absolute atomic E-state index is 7.40. The molecule has 14 aromatic carbocycles. The van der Waals surface area contributed by atoms with Crippen molar-refractivity contribution in [3.63, 3.8) is 0 Å². The van der Waals surface area contributed by atoms with Gasteiger partial charge in [0.15, 0.2) is 11.8 Å². The first-order chi connectivity index (χ1) is 49.5. The maximum Gasteiger partial charge on any atom is 1.00 e. The molecule has 0 saturated carbocycles. The van der Waals surface area contributed by atoms with E-state index < -0.39 is 31.7 Å². The Bertz CT molecular complexity index is 4720. The van der Waals surface area contributed by atoms with E-state index in [1.54, 1.807) is 0 Å². The maximum atomic E-state index is 7.40. The number of para-hydroxylation sites is 2. The van der Waals surface area contributed by atoms with Gasteiger partial charge in [-0.05, 0) is 121 Å². The predicted octanol–water partition coefficient (Wildman–Crippen LogP) is 18.7. The zero-order valence-electron chi connectivity index (χ0n) is 56.3. The van der Waals surface area contributed by atoms with Gasteiger partial charge in [-0.15, -0.1) is 70.8 Å². The zero-order chi connectivity index (χ0) is 68.2. The second kappa shape index (κ2) is 40.2. The SMILES string of the molecule is [Au+].[Au+].[Au+].[Au+].[C-]#Cc1ccc2c3ccc(C#[C-])cc3n(-c3ccccc3)c2c1.[C-]#Cc1ccc2c3ccc(C#[C-])cc3n(-c3ccccc3)c2c1.c1ccc([PH+](C[PH+](c2ccccc2)c2ccccc2)c2ccccc2)cc1.c1ccc([PH+](C[PH+](c2ccccc2)c2ccccc2)c2ccccc2)cc1. The second-order valence-corrected chi connectivity index (χ2v) is 35.2. The van der Waals surface area contributed by atoms with Crippen LogP contribution in [0.5, 0.6) is 0 Å². The van der Waals surface area contributed by atoms with Crippen LogP contribution >= 0.6 is 31.7 Å². The van der Waals surface area contributed by atoms with E-state index in [2.05, 4.69) is 300 Å². The van der Waals surface area contributed by atoms with Crippen molar-refractivity contribution < 1.29 is 89.5 Å². The van der Waals surface area contributed by atoms with Crippen LogP contribution in [0.1, 0.15) is 22.3 Å². The number of rotatable bonds is 14. The first-order valence-electron chi connectivity index (χ1n) is 33.3. The van der Waals surface area contributed by atoms with Crippen LogP contribution in [-0.4, -0.2) is 20.9 Å². The summed E-state index contributed by atoms with van der Waals surface area (Å²) in [6.07, 6.45) is 29.6. The summed E-state index contributed by atoms with van der Waals surface area (Å²) in [5.41, 5.74) is 9.22. The Labute approximate surface area is 680 Å². The molecule has 0 bridgehead atoms. The van der Waals surface area contributed by atoms with Gasteiger partial charge in [0.25, 0.3) is 0 Å². The van der Waals surface area contributed by atoms with Crippen LogP contribution in [0.3, 0.4) is 0 Å². The third kappa shape index (κ3) is 19.4. The summed E-state index contributed by atoms with van der Waals surface area (Å²) >= 11 is 0. The zero-order valence-corrected chi connectivity index (χ0v) is 69.0. The third-order valence-corrected chi connectivity index (χ3v) is 31.7. The Morgan fingerprint density at radius 2 is 0.356 bits per heavy atom. The first-order valence-corrected chi connectivity index (χ1v) is 40.1. The van der Waals surface area contributed by atoms with Crippen LogP contribution in [0.25, 0.3) is 55.0 Å². The summed E-state index contributed by atoms with van der Waals surface area (Å²) in [5, 5.41) is 16.5. The molecule has 0 aliphatic rings. The number of benzene rings is 14. The van der Waals surface area contributed by atoms with Crippen LogP contribution in [0, 0.1) is 49.4 Å². The summed E-state index contributed by atoms with van der Waals surface area (Å²) in [6, 6.07) is 133. The molecule has 0 amide bonds. The molecule has 516 valence electrons. The van der Waals surface area contributed by atoms with E-state index in [-0.39, 0.29) is 89.5 Å². The van der Waals surface area contributed by atoms with E-state index in [0.29, 0.717) is 0 Å². The van der Waals surface area contributed by atoms with Crippen molar-refractivity contribution in [2.75, 3.05) is 11.8 Å². The molecule has 0 saturated heterocycles. The molecule has 0 radical (unpaired) electrons. The van der Waals surface area contributed by atoms with Crippen molar-refractivity contribution in [3.05, 3.63) is 424 Å². The van der Waals surface area contributed by atoms with Gasteiger partial charge in [-0.1, -0.05) is 206 Å². The quantitative estimate of drug-likeness (QED) is 0.0444. The minimum atomic E-state index is -0.847. The minimum Gasteiger partial charge on any atom is -0.366 e. The molecule has 104 heavy (non-hydrogen) atoms. The van der Waals surface area contributed by atoms with E-state index >= 15 is 0 Å². The average molecular weight is 2140 g/mol. The van der Waals surface area contributed by atoms with Crippen LogP contribution in [-0.2, 0) is 89.5 Å². The summed E-state index contributed by atoms with van der Waals surface area (Å²) in [5.74, 6) is 12.3. The van der Waals surface area contributed by atoms with Crippen LogP contribution in [0.4, 0.5) is 0 Å². The number of hydrogen-bond donors (Lipinski definition) is 0. The van der Waals surface area contributed by atoms with E-state index in [1.165, 1.54) is 54.2 Å². The molecule has 0 N–H and O–H groups in total. The average Bonchev–Trinajstić information content (AvgIpc) is 1.60.